The molecule has 1 atom stereocenters. The Kier molecular flexibility index (Phi) is 5.29. The first-order chi connectivity index (χ1) is 14.0. The molecule has 1 aliphatic heterocycles. The van der Waals surface area contributed by atoms with Crippen LogP contribution in [0.2, 0.25) is 0 Å². The highest BCUT2D eigenvalue weighted by atomic mass is 16.5. The average molecular weight is 392 g/mol. The van der Waals surface area contributed by atoms with Crippen molar-refractivity contribution >= 4 is 22.9 Å². The van der Waals surface area contributed by atoms with Gasteiger partial charge in [-0.2, -0.15) is 5.10 Å². The van der Waals surface area contributed by atoms with Crippen LogP contribution in [0.4, 0.5) is 0 Å². The van der Waals surface area contributed by atoms with Gasteiger partial charge >= 0.3 is 5.97 Å². The number of carbonyl (C=O) groups excluding carboxylic acids is 2. The van der Waals surface area contributed by atoms with Gasteiger partial charge in [-0.05, 0) is 32.8 Å². The molecule has 1 aliphatic rings. The molecule has 4 rings (SSSR count). The molecule has 150 valence electrons. The number of nitrogens with zero attached hydrogens (tertiary/aromatic N) is 4. The zero-order chi connectivity index (χ0) is 20.4. The van der Waals surface area contributed by atoms with E-state index in [9.17, 15) is 9.59 Å². The van der Waals surface area contributed by atoms with Crippen LogP contribution in [-0.2, 0) is 9.53 Å². The maximum atomic E-state index is 13.0. The molecule has 0 unspecified atom stereocenters. The first-order valence-electron chi connectivity index (χ1n) is 9.92. The van der Waals surface area contributed by atoms with E-state index in [1.165, 1.54) is 6.20 Å². The number of benzene rings is 1. The maximum absolute atomic E-state index is 13.0. The molecule has 3 aromatic rings. The minimum Gasteiger partial charge on any atom is -0.444 e. The number of pyridine rings is 1. The Balaban J connectivity index is 1.60. The summed E-state index contributed by atoms with van der Waals surface area (Å²) in [4.78, 5) is 32.0. The van der Waals surface area contributed by atoms with Gasteiger partial charge < -0.3 is 9.64 Å². The quantitative estimate of drug-likeness (QED) is 0.621. The van der Waals surface area contributed by atoms with Crippen LogP contribution in [0.1, 0.15) is 54.8 Å². The highest BCUT2D eigenvalue weighted by Gasteiger charge is 2.31. The van der Waals surface area contributed by atoms with Crippen molar-refractivity contribution in [1.29, 1.82) is 0 Å². The number of aromatic nitrogens is 3. The molecule has 0 N–H and O–H groups in total. The molecule has 7 nitrogen and oxygen atoms in total. The second-order valence-electron chi connectivity index (χ2n) is 7.55. The number of hydrogen-bond acceptors (Lipinski definition) is 5. The Labute approximate surface area is 169 Å². The third-order valence-electron chi connectivity index (χ3n) is 5.13. The second-order valence-corrected chi connectivity index (χ2v) is 7.55. The van der Waals surface area contributed by atoms with Crippen molar-refractivity contribution in [2.24, 2.45) is 0 Å². The summed E-state index contributed by atoms with van der Waals surface area (Å²) in [7, 11) is 0. The molecular weight excluding hydrogens is 368 g/mol. The molecule has 0 bridgehead atoms. The van der Waals surface area contributed by atoms with Gasteiger partial charge in [0.15, 0.2) is 5.65 Å². The fraction of sp³-hybridized carbons (Fsp3) is 0.364. The number of carbonyl (C=O) groups is 2. The molecule has 0 saturated carbocycles. The molecule has 1 saturated heterocycles. The third kappa shape index (κ3) is 3.85. The van der Waals surface area contributed by atoms with Crippen LogP contribution in [0, 0.1) is 0 Å². The van der Waals surface area contributed by atoms with Crippen molar-refractivity contribution < 1.29 is 14.3 Å². The number of ether oxygens (including phenoxy) is 1. The van der Waals surface area contributed by atoms with E-state index in [1.54, 1.807) is 34.0 Å². The monoisotopic (exact) mass is 392 g/mol. The highest BCUT2D eigenvalue weighted by molar-refractivity contribution is 5.95. The molecule has 0 aliphatic carbocycles. The largest absolute Gasteiger partial charge is 0.444 e. The van der Waals surface area contributed by atoms with Crippen LogP contribution >= 0.6 is 0 Å². The van der Waals surface area contributed by atoms with Crippen LogP contribution in [0.15, 0.2) is 48.8 Å². The molecule has 0 spiro atoms. The summed E-state index contributed by atoms with van der Waals surface area (Å²) in [5.74, 6) is -0.748. The molecule has 1 fully saturated rings. The maximum Gasteiger partial charge on any atom is 0.340 e. The van der Waals surface area contributed by atoms with Crippen molar-refractivity contribution in [3.8, 4) is 0 Å². The van der Waals surface area contributed by atoms with Crippen molar-refractivity contribution in [2.75, 3.05) is 13.1 Å². The first kappa shape index (κ1) is 19.1. The van der Waals surface area contributed by atoms with E-state index in [1.807, 2.05) is 32.0 Å². The van der Waals surface area contributed by atoms with Gasteiger partial charge in [-0.3, -0.25) is 4.79 Å². The molecule has 1 aromatic carbocycles. The number of esters is 1. The predicted octanol–water partition coefficient (Wildman–Crippen LogP) is 3.53. The van der Waals surface area contributed by atoms with Crippen LogP contribution in [0.25, 0.3) is 11.0 Å². The Hall–Kier alpha value is -3.22. The lowest BCUT2D eigenvalue weighted by molar-refractivity contribution is -0.140. The first-order valence-corrected chi connectivity index (χ1v) is 9.92. The van der Waals surface area contributed by atoms with E-state index in [-0.39, 0.29) is 11.9 Å². The van der Waals surface area contributed by atoms with Crippen LogP contribution in [0.3, 0.4) is 0 Å². The number of hydrogen-bond donors (Lipinski definition) is 0. The Morgan fingerprint density at radius 3 is 2.48 bits per heavy atom. The molecule has 2 aromatic heterocycles. The van der Waals surface area contributed by atoms with Crippen LogP contribution in [-0.4, -0.2) is 44.6 Å². The van der Waals surface area contributed by atoms with Gasteiger partial charge in [-0.15, -0.1) is 0 Å². The summed E-state index contributed by atoms with van der Waals surface area (Å²) >= 11 is 0. The van der Waals surface area contributed by atoms with E-state index in [0.717, 1.165) is 18.2 Å². The van der Waals surface area contributed by atoms with Gasteiger partial charge in [0.2, 0.25) is 6.10 Å². The summed E-state index contributed by atoms with van der Waals surface area (Å²) in [6.07, 6.45) is 4.15. The SMILES string of the molecule is CC(C)n1ncc2cc(C(=O)O[C@H](C(=O)N3CCCC3)c3ccccc3)cnc21. The summed E-state index contributed by atoms with van der Waals surface area (Å²) in [6, 6.07) is 11.0. The van der Waals surface area contributed by atoms with Gasteiger partial charge in [0.25, 0.3) is 5.91 Å². The summed E-state index contributed by atoms with van der Waals surface area (Å²) in [5.41, 5.74) is 1.68. The smallest absolute Gasteiger partial charge is 0.340 e. The molecule has 3 heterocycles. The van der Waals surface area contributed by atoms with Gasteiger partial charge in [0, 0.05) is 36.3 Å². The molecule has 7 heteroatoms. The van der Waals surface area contributed by atoms with Crippen molar-refractivity contribution in [3.05, 3.63) is 59.9 Å². The third-order valence-corrected chi connectivity index (χ3v) is 5.13. The standard InChI is InChI=1S/C22H24N4O3/c1-15(2)26-20-17(14-24-26)12-18(13-23-20)22(28)29-19(16-8-4-3-5-9-16)21(27)25-10-6-7-11-25/h3-5,8-9,12-15,19H,6-7,10-11H2,1-2H3/t19-/m0/s1. The fourth-order valence-corrected chi connectivity index (χ4v) is 3.60. The number of likely N-dealkylation sites (tertiary alicyclic amines) is 1. The van der Waals surface area contributed by atoms with Crippen molar-refractivity contribution in [2.45, 2.75) is 38.8 Å². The lowest BCUT2D eigenvalue weighted by atomic mass is 10.1. The average Bonchev–Trinajstić information content (AvgIpc) is 3.41. The number of fused-ring (bicyclic) bond motifs is 1. The summed E-state index contributed by atoms with van der Waals surface area (Å²) in [5, 5.41) is 5.09. The zero-order valence-corrected chi connectivity index (χ0v) is 16.6. The van der Waals surface area contributed by atoms with E-state index < -0.39 is 12.1 Å². The predicted molar refractivity (Wildman–Crippen MR) is 108 cm³/mol. The summed E-state index contributed by atoms with van der Waals surface area (Å²) < 4.78 is 7.50. The minimum atomic E-state index is -0.962. The normalized spacial score (nSPS) is 15.1. The van der Waals surface area contributed by atoms with E-state index >= 15 is 0 Å². The molecule has 29 heavy (non-hydrogen) atoms. The number of amides is 1. The van der Waals surface area contributed by atoms with Gasteiger partial charge in [-0.1, -0.05) is 30.3 Å². The molecular formula is C22H24N4O3. The highest BCUT2D eigenvalue weighted by Crippen LogP contribution is 2.25. The second kappa shape index (κ2) is 8.03. The fourth-order valence-electron chi connectivity index (χ4n) is 3.60. The minimum absolute atomic E-state index is 0.165. The number of rotatable bonds is 5. The van der Waals surface area contributed by atoms with Crippen molar-refractivity contribution in [1.82, 2.24) is 19.7 Å². The molecule has 1 amide bonds. The van der Waals surface area contributed by atoms with Crippen molar-refractivity contribution in [3.63, 3.8) is 0 Å². The topological polar surface area (TPSA) is 77.3 Å². The van der Waals surface area contributed by atoms with E-state index in [2.05, 4.69) is 10.1 Å². The zero-order valence-electron chi connectivity index (χ0n) is 16.6. The van der Waals surface area contributed by atoms with Gasteiger partial charge in [0.1, 0.15) is 0 Å². The van der Waals surface area contributed by atoms with Crippen LogP contribution in [0.5, 0.6) is 0 Å². The Morgan fingerprint density at radius 1 is 1.07 bits per heavy atom. The Morgan fingerprint density at radius 2 is 1.79 bits per heavy atom. The van der Waals surface area contributed by atoms with E-state index in [4.69, 9.17) is 4.74 Å². The summed E-state index contributed by atoms with van der Waals surface area (Å²) in [6.45, 7) is 5.43. The lowest BCUT2D eigenvalue weighted by Crippen LogP contribution is -2.34. The Bertz CT molecular complexity index is 1020. The van der Waals surface area contributed by atoms with E-state index in [0.29, 0.717) is 29.9 Å². The van der Waals surface area contributed by atoms with Gasteiger partial charge in [0.05, 0.1) is 11.8 Å². The van der Waals surface area contributed by atoms with Crippen LogP contribution < -0.4 is 0 Å². The lowest BCUT2D eigenvalue weighted by Gasteiger charge is -2.23. The van der Waals surface area contributed by atoms with Gasteiger partial charge in [-0.25, -0.2) is 14.5 Å². The molecule has 0 radical (unpaired) electrons.